The molecule has 12 heteroatoms. The normalized spacial score (nSPS) is 11.6. The van der Waals surface area contributed by atoms with Crippen LogP contribution in [0.5, 0.6) is 11.5 Å². The lowest BCUT2D eigenvalue weighted by Crippen LogP contribution is -2.16. The highest BCUT2D eigenvalue weighted by Gasteiger charge is 2.38. The smallest absolute Gasteiger partial charge is 0.436 e. The molecule has 0 radical (unpaired) electrons. The largest absolute Gasteiger partial charge is 0.493 e. The van der Waals surface area contributed by atoms with Gasteiger partial charge < -0.3 is 14.8 Å². The molecular weight excluding hydrogens is 413 g/mol. The molecule has 0 aliphatic heterocycles. The van der Waals surface area contributed by atoms with Crippen molar-refractivity contribution in [2.24, 2.45) is 0 Å². The van der Waals surface area contributed by atoms with Gasteiger partial charge in [0.2, 0.25) is 5.91 Å². The Morgan fingerprint density at radius 1 is 1.32 bits per heavy atom. The molecule has 28 heavy (non-hydrogen) atoms. The number of ether oxygens (including phenoxy) is 2. The first-order valence-electron chi connectivity index (χ1n) is 7.75. The first-order chi connectivity index (χ1) is 13.0. The zero-order valence-corrected chi connectivity index (χ0v) is 15.4. The van der Waals surface area contributed by atoms with E-state index in [2.05, 4.69) is 15.2 Å². The molecule has 1 heterocycles. The number of benzene rings is 1. The summed E-state index contributed by atoms with van der Waals surface area (Å²) in [6, 6.07) is 3.77. The van der Waals surface area contributed by atoms with E-state index in [9.17, 15) is 26.7 Å². The molecule has 1 amide bonds. The number of hydrogen-bond donors (Lipinski definition) is 1. The second kappa shape index (κ2) is 8.63. The van der Waals surface area contributed by atoms with E-state index >= 15 is 0 Å². The van der Waals surface area contributed by atoms with Gasteiger partial charge in [0, 0.05) is 18.2 Å². The number of anilines is 1. The van der Waals surface area contributed by atoms with Crippen LogP contribution in [0.3, 0.4) is 0 Å². The predicted octanol–water partition coefficient (Wildman–Crippen LogP) is 4.50. The molecule has 2 aromatic rings. The molecule has 0 fully saturated rings. The van der Waals surface area contributed by atoms with Crippen LogP contribution in [0, 0.1) is 6.92 Å². The summed E-state index contributed by atoms with van der Waals surface area (Å²) < 4.78 is 73.2. The van der Waals surface area contributed by atoms with Gasteiger partial charge in [0.25, 0.3) is 0 Å². The second-order valence-corrected chi connectivity index (χ2v) is 5.89. The Kier molecular flexibility index (Phi) is 6.70. The number of rotatable bonds is 7. The van der Waals surface area contributed by atoms with Gasteiger partial charge in [-0.3, -0.25) is 9.48 Å². The topological polar surface area (TPSA) is 65.4 Å². The number of amides is 1. The van der Waals surface area contributed by atoms with E-state index < -0.39 is 29.4 Å². The molecule has 2 rings (SSSR count). The minimum absolute atomic E-state index is 0.0254. The van der Waals surface area contributed by atoms with Gasteiger partial charge >= 0.3 is 12.8 Å². The SMILES string of the molecule is COc1cc(NC(=O)CCn2nc(C(F)(F)F)c(Cl)c2C)ccc1OC(F)F. The lowest BCUT2D eigenvalue weighted by molar-refractivity contribution is -0.141. The van der Waals surface area contributed by atoms with Crippen molar-refractivity contribution in [3.63, 3.8) is 0 Å². The highest BCUT2D eigenvalue weighted by atomic mass is 35.5. The number of aryl methyl sites for hydroxylation is 1. The van der Waals surface area contributed by atoms with Crippen LogP contribution in [0.25, 0.3) is 0 Å². The van der Waals surface area contributed by atoms with Crippen molar-refractivity contribution in [2.75, 3.05) is 12.4 Å². The van der Waals surface area contributed by atoms with E-state index in [1.807, 2.05) is 0 Å². The van der Waals surface area contributed by atoms with Crippen molar-refractivity contribution in [3.8, 4) is 11.5 Å². The van der Waals surface area contributed by atoms with E-state index in [0.717, 1.165) is 4.68 Å². The van der Waals surface area contributed by atoms with E-state index in [-0.39, 0.29) is 35.8 Å². The Hall–Kier alpha value is -2.56. The number of alkyl halides is 5. The van der Waals surface area contributed by atoms with E-state index in [0.29, 0.717) is 0 Å². The lowest BCUT2D eigenvalue weighted by Gasteiger charge is -2.12. The van der Waals surface area contributed by atoms with Gasteiger partial charge in [0.1, 0.15) is 0 Å². The summed E-state index contributed by atoms with van der Waals surface area (Å²) in [5.41, 5.74) is -0.905. The number of carbonyl (C=O) groups excluding carboxylic acids is 1. The van der Waals surface area contributed by atoms with Crippen LogP contribution < -0.4 is 14.8 Å². The van der Waals surface area contributed by atoms with Crippen LogP contribution in [0.15, 0.2) is 18.2 Å². The average molecular weight is 428 g/mol. The van der Waals surface area contributed by atoms with Crippen LogP contribution in [-0.2, 0) is 17.5 Å². The van der Waals surface area contributed by atoms with Crippen LogP contribution in [-0.4, -0.2) is 29.4 Å². The number of nitrogens with zero attached hydrogens (tertiary/aromatic N) is 2. The summed E-state index contributed by atoms with van der Waals surface area (Å²) >= 11 is 5.64. The zero-order chi connectivity index (χ0) is 21.1. The molecule has 154 valence electrons. The third-order valence-electron chi connectivity index (χ3n) is 3.62. The fraction of sp³-hybridized carbons (Fsp3) is 0.375. The molecular formula is C16H15ClF5N3O3. The zero-order valence-electron chi connectivity index (χ0n) is 14.6. The molecule has 1 N–H and O–H groups in total. The monoisotopic (exact) mass is 427 g/mol. The first-order valence-corrected chi connectivity index (χ1v) is 8.13. The number of hydrogen-bond acceptors (Lipinski definition) is 4. The maximum Gasteiger partial charge on any atom is 0.436 e. The number of methoxy groups -OCH3 is 1. The maximum absolute atomic E-state index is 12.8. The van der Waals surface area contributed by atoms with Crippen LogP contribution in [0.2, 0.25) is 5.02 Å². The van der Waals surface area contributed by atoms with Crippen LogP contribution in [0.1, 0.15) is 17.8 Å². The lowest BCUT2D eigenvalue weighted by atomic mass is 10.2. The number of nitrogens with one attached hydrogen (secondary N) is 1. The number of halogens is 6. The molecule has 0 aliphatic rings. The van der Waals surface area contributed by atoms with Gasteiger partial charge in [-0.05, 0) is 19.1 Å². The molecule has 1 aromatic heterocycles. The van der Waals surface area contributed by atoms with Gasteiger partial charge in [-0.2, -0.15) is 27.1 Å². The molecule has 0 spiro atoms. The van der Waals surface area contributed by atoms with Crippen LogP contribution >= 0.6 is 11.6 Å². The summed E-state index contributed by atoms with van der Waals surface area (Å²) in [5.74, 6) is -0.774. The standard InChI is InChI=1S/C16H15ClF5N3O3/c1-8-13(17)14(16(20,21)22)24-25(8)6-5-12(26)23-9-3-4-10(28-15(18)19)11(7-9)27-2/h3-4,7,15H,5-6H2,1-2H3,(H,23,26). The molecule has 6 nitrogen and oxygen atoms in total. The molecule has 1 aromatic carbocycles. The Balaban J connectivity index is 2.03. The minimum Gasteiger partial charge on any atom is -0.493 e. The van der Waals surface area contributed by atoms with E-state index in [1.54, 1.807) is 0 Å². The third kappa shape index (κ3) is 5.24. The predicted molar refractivity (Wildman–Crippen MR) is 89.8 cm³/mol. The van der Waals surface area contributed by atoms with Crippen molar-refractivity contribution < 1.29 is 36.2 Å². The van der Waals surface area contributed by atoms with Crippen molar-refractivity contribution in [3.05, 3.63) is 34.6 Å². The molecule has 0 saturated carbocycles. The fourth-order valence-electron chi connectivity index (χ4n) is 2.29. The molecule has 0 aliphatic carbocycles. The van der Waals surface area contributed by atoms with Crippen LogP contribution in [0.4, 0.5) is 27.6 Å². The summed E-state index contributed by atoms with van der Waals surface area (Å²) in [6.45, 7) is -1.83. The quantitative estimate of drug-likeness (QED) is 0.661. The van der Waals surface area contributed by atoms with Gasteiger partial charge in [0.15, 0.2) is 17.2 Å². The summed E-state index contributed by atoms with van der Waals surface area (Å²) in [7, 11) is 1.24. The highest BCUT2D eigenvalue weighted by molar-refractivity contribution is 6.31. The van der Waals surface area contributed by atoms with Gasteiger partial charge in [-0.15, -0.1) is 0 Å². The van der Waals surface area contributed by atoms with Crippen molar-refractivity contribution in [1.82, 2.24) is 9.78 Å². The summed E-state index contributed by atoms with van der Waals surface area (Å²) in [6.07, 6.45) is -4.90. The number of aromatic nitrogens is 2. The summed E-state index contributed by atoms with van der Waals surface area (Å²) in [4.78, 5) is 12.0. The van der Waals surface area contributed by atoms with E-state index in [1.165, 1.54) is 32.2 Å². The second-order valence-electron chi connectivity index (χ2n) is 5.51. The van der Waals surface area contributed by atoms with Gasteiger partial charge in [-0.25, -0.2) is 0 Å². The Labute approximate surface area is 161 Å². The minimum atomic E-state index is -4.70. The van der Waals surface area contributed by atoms with Crippen molar-refractivity contribution >= 4 is 23.2 Å². The van der Waals surface area contributed by atoms with Crippen molar-refractivity contribution in [2.45, 2.75) is 32.7 Å². The van der Waals surface area contributed by atoms with Crippen molar-refractivity contribution in [1.29, 1.82) is 0 Å². The highest BCUT2D eigenvalue weighted by Crippen LogP contribution is 2.35. The fourth-order valence-corrected chi connectivity index (χ4v) is 2.54. The number of carbonyl (C=O) groups is 1. The molecule has 0 unspecified atom stereocenters. The Morgan fingerprint density at radius 3 is 2.54 bits per heavy atom. The van der Waals surface area contributed by atoms with Gasteiger partial charge in [-0.1, -0.05) is 11.6 Å². The molecule has 0 saturated heterocycles. The molecule has 0 atom stereocenters. The molecule has 0 bridgehead atoms. The van der Waals surface area contributed by atoms with E-state index in [4.69, 9.17) is 16.3 Å². The Morgan fingerprint density at radius 2 is 2.00 bits per heavy atom. The van der Waals surface area contributed by atoms with Gasteiger partial charge in [0.05, 0.1) is 24.4 Å². The summed E-state index contributed by atoms with van der Waals surface area (Å²) in [5, 5.41) is 5.36. The first kappa shape index (κ1) is 21.7. The Bertz CT molecular complexity index is 855. The maximum atomic E-state index is 12.8. The third-order valence-corrected chi connectivity index (χ3v) is 4.07. The average Bonchev–Trinajstić information content (AvgIpc) is 2.89.